The lowest BCUT2D eigenvalue weighted by Crippen LogP contribution is -2.00. The third kappa shape index (κ3) is 2.71. The number of nitrogens with zero attached hydrogens (tertiary/aromatic N) is 2. The van der Waals surface area contributed by atoms with Crippen LogP contribution in [-0.4, -0.2) is 9.78 Å². The van der Waals surface area contributed by atoms with Crippen LogP contribution in [0.1, 0.15) is 11.1 Å². The van der Waals surface area contributed by atoms with E-state index in [1.807, 2.05) is 22.3 Å². The lowest BCUT2D eigenvalue weighted by atomic mass is 10.1. The maximum Gasteiger partial charge on any atom is 0.116 e. The monoisotopic (exact) mass is 303 g/mol. The SMILES string of the molecule is Cc1ccc(Cn2cc(N)c(-c3csc(Cl)c3)n2)cc1. The Morgan fingerprint density at radius 3 is 2.70 bits per heavy atom. The summed E-state index contributed by atoms with van der Waals surface area (Å²) in [6.07, 6.45) is 1.86. The van der Waals surface area contributed by atoms with Crippen molar-refractivity contribution in [3.8, 4) is 11.3 Å². The van der Waals surface area contributed by atoms with Gasteiger partial charge in [-0.1, -0.05) is 41.4 Å². The second kappa shape index (κ2) is 5.31. The number of aryl methyl sites for hydroxylation is 1. The fraction of sp³-hybridized carbons (Fsp3) is 0.133. The van der Waals surface area contributed by atoms with Crippen molar-refractivity contribution in [3.63, 3.8) is 0 Å². The predicted molar refractivity (Wildman–Crippen MR) is 85.2 cm³/mol. The van der Waals surface area contributed by atoms with Gasteiger partial charge in [0.1, 0.15) is 5.69 Å². The topological polar surface area (TPSA) is 43.8 Å². The summed E-state index contributed by atoms with van der Waals surface area (Å²) in [5.41, 5.74) is 10.9. The normalized spacial score (nSPS) is 10.9. The van der Waals surface area contributed by atoms with Crippen LogP contribution >= 0.6 is 22.9 Å². The molecule has 2 aromatic heterocycles. The van der Waals surface area contributed by atoms with Crippen molar-refractivity contribution >= 4 is 28.6 Å². The van der Waals surface area contributed by atoms with E-state index in [1.165, 1.54) is 22.5 Å². The highest BCUT2D eigenvalue weighted by Gasteiger charge is 2.10. The van der Waals surface area contributed by atoms with Crippen molar-refractivity contribution in [2.45, 2.75) is 13.5 Å². The molecular formula is C15H14ClN3S. The molecule has 3 nitrogen and oxygen atoms in total. The van der Waals surface area contributed by atoms with E-state index in [-0.39, 0.29) is 0 Å². The van der Waals surface area contributed by atoms with E-state index in [1.54, 1.807) is 0 Å². The van der Waals surface area contributed by atoms with Gasteiger partial charge in [0.2, 0.25) is 0 Å². The lowest BCUT2D eigenvalue weighted by molar-refractivity contribution is 0.689. The number of nitrogen functional groups attached to an aromatic ring is 1. The third-order valence-corrected chi connectivity index (χ3v) is 4.19. The van der Waals surface area contributed by atoms with Gasteiger partial charge in [-0.05, 0) is 18.6 Å². The summed E-state index contributed by atoms with van der Waals surface area (Å²) in [4.78, 5) is 0. The van der Waals surface area contributed by atoms with Gasteiger partial charge >= 0.3 is 0 Å². The first-order chi connectivity index (χ1) is 9.61. The van der Waals surface area contributed by atoms with Gasteiger partial charge in [0.15, 0.2) is 0 Å². The number of halogens is 1. The number of benzene rings is 1. The number of anilines is 1. The summed E-state index contributed by atoms with van der Waals surface area (Å²) >= 11 is 7.44. The Morgan fingerprint density at radius 1 is 1.30 bits per heavy atom. The van der Waals surface area contributed by atoms with E-state index < -0.39 is 0 Å². The van der Waals surface area contributed by atoms with Crippen LogP contribution in [-0.2, 0) is 6.54 Å². The number of rotatable bonds is 3. The highest BCUT2D eigenvalue weighted by Crippen LogP contribution is 2.31. The Balaban J connectivity index is 1.87. The van der Waals surface area contributed by atoms with Crippen molar-refractivity contribution in [3.05, 3.63) is 57.4 Å². The fourth-order valence-electron chi connectivity index (χ4n) is 2.06. The molecule has 102 valence electrons. The zero-order valence-corrected chi connectivity index (χ0v) is 12.6. The molecule has 0 bridgehead atoms. The lowest BCUT2D eigenvalue weighted by Gasteiger charge is -2.02. The Labute approximate surface area is 126 Å². The molecule has 1 aromatic carbocycles. The van der Waals surface area contributed by atoms with Crippen molar-refractivity contribution in [1.29, 1.82) is 0 Å². The van der Waals surface area contributed by atoms with Crippen LogP contribution in [0.15, 0.2) is 41.9 Å². The number of thiophene rings is 1. The molecule has 0 aliphatic rings. The molecule has 0 saturated carbocycles. The molecule has 5 heteroatoms. The summed E-state index contributed by atoms with van der Waals surface area (Å²) in [6.45, 7) is 2.79. The molecule has 0 aliphatic heterocycles. The quantitative estimate of drug-likeness (QED) is 0.788. The minimum Gasteiger partial charge on any atom is -0.396 e. The van der Waals surface area contributed by atoms with Crippen LogP contribution in [0.5, 0.6) is 0 Å². The molecule has 0 spiro atoms. The molecule has 3 aromatic rings. The molecule has 0 radical (unpaired) electrons. The van der Waals surface area contributed by atoms with Crippen molar-refractivity contribution < 1.29 is 0 Å². The van der Waals surface area contributed by atoms with Crippen LogP contribution in [0.2, 0.25) is 4.34 Å². The van der Waals surface area contributed by atoms with Crippen LogP contribution in [0.4, 0.5) is 5.69 Å². The van der Waals surface area contributed by atoms with E-state index in [2.05, 4.69) is 36.3 Å². The minimum absolute atomic E-state index is 0.673. The molecule has 0 unspecified atom stereocenters. The second-order valence-corrected chi connectivity index (χ2v) is 6.30. The number of nitrogens with two attached hydrogens (primary N) is 1. The highest BCUT2D eigenvalue weighted by atomic mass is 35.5. The molecule has 2 heterocycles. The maximum absolute atomic E-state index is 6.04. The molecule has 0 atom stereocenters. The second-order valence-electron chi connectivity index (χ2n) is 4.76. The van der Waals surface area contributed by atoms with Crippen molar-refractivity contribution in [2.24, 2.45) is 0 Å². The predicted octanol–water partition coefficient (Wildman–Crippen LogP) is 4.20. The largest absolute Gasteiger partial charge is 0.396 e. The van der Waals surface area contributed by atoms with Gasteiger partial charge in [-0.25, -0.2) is 0 Å². The molecule has 2 N–H and O–H groups in total. The smallest absolute Gasteiger partial charge is 0.116 e. The average molecular weight is 304 g/mol. The van der Waals surface area contributed by atoms with Gasteiger partial charge in [-0.2, -0.15) is 5.10 Å². The highest BCUT2D eigenvalue weighted by molar-refractivity contribution is 7.14. The first-order valence-corrected chi connectivity index (χ1v) is 7.50. The summed E-state index contributed by atoms with van der Waals surface area (Å²) < 4.78 is 2.61. The summed E-state index contributed by atoms with van der Waals surface area (Å²) in [5, 5.41) is 6.52. The zero-order chi connectivity index (χ0) is 14.1. The van der Waals surface area contributed by atoms with Crippen LogP contribution < -0.4 is 5.73 Å². The Hall–Kier alpha value is -1.78. The van der Waals surface area contributed by atoms with Gasteiger partial charge in [-0.3, -0.25) is 4.68 Å². The van der Waals surface area contributed by atoms with E-state index in [0.29, 0.717) is 12.2 Å². The van der Waals surface area contributed by atoms with E-state index in [4.69, 9.17) is 17.3 Å². The number of aromatic nitrogens is 2. The van der Waals surface area contributed by atoms with Gasteiger partial charge in [0.25, 0.3) is 0 Å². The maximum atomic E-state index is 6.04. The Bertz CT molecular complexity index is 728. The van der Waals surface area contributed by atoms with Gasteiger partial charge in [-0.15, -0.1) is 11.3 Å². The van der Waals surface area contributed by atoms with E-state index >= 15 is 0 Å². The summed E-state index contributed by atoms with van der Waals surface area (Å²) in [6, 6.07) is 10.3. The molecule has 20 heavy (non-hydrogen) atoms. The molecule has 0 aliphatic carbocycles. The van der Waals surface area contributed by atoms with Gasteiger partial charge in [0.05, 0.1) is 16.6 Å². The van der Waals surface area contributed by atoms with E-state index in [0.717, 1.165) is 15.6 Å². The van der Waals surface area contributed by atoms with Gasteiger partial charge in [0, 0.05) is 17.1 Å². The van der Waals surface area contributed by atoms with Crippen LogP contribution in [0.25, 0.3) is 11.3 Å². The molecule has 0 saturated heterocycles. The van der Waals surface area contributed by atoms with Crippen LogP contribution in [0.3, 0.4) is 0 Å². The number of hydrogen-bond acceptors (Lipinski definition) is 3. The molecule has 0 fully saturated rings. The van der Waals surface area contributed by atoms with E-state index in [9.17, 15) is 0 Å². The molecular weight excluding hydrogens is 290 g/mol. The zero-order valence-electron chi connectivity index (χ0n) is 11.0. The Morgan fingerprint density at radius 2 is 2.05 bits per heavy atom. The Kier molecular flexibility index (Phi) is 3.51. The standard InChI is InChI=1S/C15H14ClN3S/c1-10-2-4-11(5-3-10)7-19-8-13(17)15(18-19)12-6-14(16)20-9-12/h2-6,8-9H,7,17H2,1H3. The average Bonchev–Trinajstić information content (AvgIpc) is 2.98. The third-order valence-electron chi connectivity index (χ3n) is 3.10. The minimum atomic E-state index is 0.673. The first-order valence-electron chi connectivity index (χ1n) is 6.25. The first kappa shape index (κ1) is 13.2. The fourth-order valence-corrected chi connectivity index (χ4v) is 2.92. The van der Waals surface area contributed by atoms with Gasteiger partial charge < -0.3 is 5.73 Å². The molecule has 3 rings (SSSR count). The van der Waals surface area contributed by atoms with Crippen molar-refractivity contribution in [2.75, 3.05) is 5.73 Å². The van der Waals surface area contributed by atoms with Crippen molar-refractivity contribution in [1.82, 2.24) is 9.78 Å². The van der Waals surface area contributed by atoms with Crippen LogP contribution in [0, 0.1) is 6.92 Å². The number of hydrogen-bond donors (Lipinski definition) is 1. The molecule has 0 amide bonds. The summed E-state index contributed by atoms with van der Waals surface area (Å²) in [7, 11) is 0. The summed E-state index contributed by atoms with van der Waals surface area (Å²) in [5.74, 6) is 0.